The van der Waals surface area contributed by atoms with Crippen molar-refractivity contribution in [2.45, 2.75) is 51.2 Å². The molecule has 1 unspecified atom stereocenters. The Hall–Kier alpha value is -3.55. The number of carboxylic acid groups (broad SMARTS) is 1. The first kappa shape index (κ1) is 24.2. The Labute approximate surface area is 210 Å². The average molecular weight is 493 g/mol. The molecular formula is C28H32N2O6. The van der Waals surface area contributed by atoms with Gasteiger partial charge < -0.3 is 24.4 Å². The standard InChI is InChI=1S/C28H32N2O6/c1-27(2,3)36-25(33)29-14-15-30(23(16-29)28(12-13-28)24(31)32)26(34)35-17-22-20-10-6-4-8-18(20)19-9-5-7-11-21(19)22/h4-11,22-23H,12-17H2,1-3H3,(H,31,32). The summed E-state index contributed by atoms with van der Waals surface area (Å²) in [5.41, 5.74) is 2.78. The zero-order chi connectivity index (χ0) is 25.7. The number of rotatable bonds is 4. The Balaban J connectivity index is 1.33. The topological polar surface area (TPSA) is 96.4 Å². The normalized spacial score (nSPS) is 20.4. The van der Waals surface area contributed by atoms with Crippen LogP contribution >= 0.6 is 0 Å². The second-order valence-electron chi connectivity index (χ2n) is 10.9. The molecule has 2 fully saturated rings. The summed E-state index contributed by atoms with van der Waals surface area (Å²) in [6, 6.07) is 15.5. The van der Waals surface area contributed by atoms with Crippen LogP contribution in [0.4, 0.5) is 9.59 Å². The zero-order valence-electron chi connectivity index (χ0n) is 20.9. The minimum absolute atomic E-state index is 0.0859. The van der Waals surface area contributed by atoms with Crippen LogP contribution in [-0.2, 0) is 14.3 Å². The summed E-state index contributed by atoms with van der Waals surface area (Å²) in [5, 5.41) is 9.97. The van der Waals surface area contributed by atoms with Crippen molar-refractivity contribution in [3.8, 4) is 11.1 Å². The predicted molar refractivity (Wildman–Crippen MR) is 133 cm³/mol. The molecule has 190 valence electrons. The quantitative estimate of drug-likeness (QED) is 0.663. The van der Waals surface area contributed by atoms with Crippen molar-refractivity contribution in [2.24, 2.45) is 5.41 Å². The lowest BCUT2D eigenvalue weighted by atomic mass is 9.93. The van der Waals surface area contributed by atoms with Crippen LogP contribution < -0.4 is 0 Å². The van der Waals surface area contributed by atoms with E-state index in [1.807, 2.05) is 24.3 Å². The Morgan fingerprint density at radius 1 is 0.944 bits per heavy atom. The molecule has 8 heteroatoms. The molecule has 1 saturated carbocycles. The number of carboxylic acids is 1. The van der Waals surface area contributed by atoms with Gasteiger partial charge in [0.15, 0.2) is 0 Å². The van der Waals surface area contributed by atoms with Gasteiger partial charge in [-0.3, -0.25) is 4.79 Å². The van der Waals surface area contributed by atoms with Crippen LogP contribution in [0.3, 0.4) is 0 Å². The van der Waals surface area contributed by atoms with E-state index >= 15 is 0 Å². The summed E-state index contributed by atoms with van der Waals surface area (Å²) in [4.78, 5) is 41.3. The average Bonchev–Trinajstić information content (AvgIpc) is 3.60. The highest BCUT2D eigenvalue weighted by Crippen LogP contribution is 2.52. The molecule has 2 aromatic rings. The number of ether oxygens (including phenoxy) is 2. The minimum Gasteiger partial charge on any atom is -0.481 e. The van der Waals surface area contributed by atoms with Crippen LogP contribution in [0.25, 0.3) is 11.1 Å². The molecule has 0 spiro atoms. The fraction of sp³-hybridized carbons (Fsp3) is 0.464. The minimum atomic E-state index is -1.06. The summed E-state index contributed by atoms with van der Waals surface area (Å²) in [6.07, 6.45) is -0.121. The van der Waals surface area contributed by atoms with Crippen molar-refractivity contribution in [3.05, 3.63) is 59.7 Å². The van der Waals surface area contributed by atoms with Gasteiger partial charge in [0.05, 0.1) is 11.5 Å². The molecule has 1 N–H and O–H groups in total. The van der Waals surface area contributed by atoms with Crippen LogP contribution in [0.15, 0.2) is 48.5 Å². The number of carbonyl (C=O) groups is 3. The number of carbonyl (C=O) groups excluding carboxylic acids is 2. The van der Waals surface area contributed by atoms with Gasteiger partial charge in [-0.25, -0.2) is 9.59 Å². The van der Waals surface area contributed by atoms with Gasteiger partial charge in [-0.1, -0.05) is 48.5 Å². The van der Waals surface area contributed by atoms with Crippen molar-refractivity contribution in [3.63, 3.8) is 0 Å². The zero-order valence-corrected chi connectivity index (χ0v) is 20.9. The fourth-order valence-electron chi connectivity index (χ4n) is 5.47. The van der Waals surface area contributed by atoms with Crippen LogP contribution in [0, 0.1) is 5.41 Å². The van der Waals surface area contributed by atoms with Crippen molar-refractivity contribution >= 4 is 18.2 Å². The van der Waals surface area contributed by atoms with Gasteiger partial charge in [0.2, 0.25) is 0 Å². The maximum atomic E-state index is 13.4. The first-order chi connectivity index (χ1) is 17.1. The van der Waals surface area contributed by atoms with E-state index in [0.717, 1.165) is 22.3 Å². The summed E-state index contributed by atoms with van der Waals surface area (Å²) in [7, 11) is 0. The maximum absolute atomic E-state index is 13.4. The number of hydrogen-bond acceptors (Lipinski definition) is 5. The van der Waals surface area contributed by atoms with Crippen molar-refractivity contribution in [2.75, 3.05) is 26.2 Å². The Morgan fingerprint density at radius 3 is 2.06 bits per heavy atom. The Bertz CT molecular complexity index is 1150. The van der Waals surface area contributed by atoms with Crippen LogP contribution in [0.5, 0.6) is 0 Å². The molecule has 2 amide bonds. The number of benzene rings is 2. The number of amides is 2. The van der Waals surface area contributed by atoms with Gasteiger partial charge in [-0.15, -0.1) is 0 Å². The van der Waals surface area contributed by atoms with Gasteiger partial charge in [-0.05, 0) is 55.9 Å². The highest BCUT2D eigenvalue weighted by atomic mass is 16.6. The molecule has 1 heterocycles. The molecule has 1 saturated heterocycles. The van der Waals surface area contributed by atoms with Gasteiger partial charge in [-0.2, -0.15) is 0 Å². The molecule has 0 radical (unpaired) electrons. The molecule has 3 aliphatic rings. The van der Waals surface area contributed by atoms with Crippen LogP contribution in [0.2, 0.25) is 0 Å². The van der Waals surface area contributed by atoms with Gasteiger partial charge >= 0.3 is 18.2 Å². The molecule has 5 rings (SSSR count). The van der Waals surface area contributed by atoms with E-state index < -0.39 is 35.2 Å². The third-order valence-corrected chi connectivity index (χ3v) is 7.46. The highest BCUT2D eigenvalue weighted by molar-refractivity contribution is 5.82. The van der Waals surface area contributed by atoms with E-state index in [2.05, 4.69) is 24.3 Å². The van der Waals surface area contributed by atoms with Crippen molar-refractivity contribution in [1.29, 1.82) is 0 Å². The second kappa shape index (κ2) is 8.84. The van der Waals surface area contributed by atoms with Gasteiger partial charge in [0, 0.05) is 25.6 Å². The van der Waals surface area contributed by atoms with E-state index in [1.165, 1.54) is 9.80 Å². The van der Waals surface area contributed by atoms with E-state index in [9.17, 15) is 19.5 Å². The third-order valence-electron chi connectivity index (χ3n) is 7.46. The van der Waals surface area contributed by atoms with Crippen molar-refractivity contribution in [1.82, 2.24) is 9.80 Å². The number of fused-ring (bicyclic) bond motifs is 3. The van der Waals surface area contributed by atoms with Crippen LogP contribution in [-0.4, -0.2) is 70.9 Å². The molecule has 8 nitrogen and oxygen atoms in total. The summed E-state index contributed by atoms with van der Waals surface area (Å²) in [5.74, 6) is -1.04. The van der Waals surface area contributed by atoms with E-state index in [1.54, 1.807) is 20.8 Å². The molecule has 0 bridgehead atoms. The molecular weight excluding hydrogens is 460 g/mol. The SMILES string of the molecule is CC(C)(C)OC(=O)N1CCN(C(=O)OCC2c3ccccc3-c3ccccc32)C(C2(C(=O)O)CC2)C1. The predicted octanol–water partition coefficient (Wildman–Crippen LogP) is 4.72. The first-order valence-corrected chi connectivity index (χ1v) is 12.4. The molecule has 1 aliphatic heterocycles. The maximum Gasteiger partial charge on any atom is 0.410 e. The number of nitrogens with zero attached hydrogens (tertiary/aromatic N) is 2. The Morgan fingerprint density at radius 2 is 1.53 bits per heavy atom. The third kappa shape index (κ3) is 4.29. The smallest absolute Gasteiger partial charge is 0.410 e. The lowest BCUT2D eigenvalue weighted by Gasteiger charge is -2.43. The second-order valence-corrected chi connectivity index (χ2v) is 10.9. The summed E-state index contributed by atoms with van der Waals surface area (Å²) < 4.78 is 11.3. The molecule has 36 heavy (non-hydrogen) atoms. The van der Waals surface area contributed by atoms with Crippen molar-refractivity contribution < 1.29 is 29.0 Å². The lowest BCUT2D eigenvalue weighted by molar-refractivity contribution is -0.147. The molecule has 1 atom stereocenters. The van der Waals surface area contributed by atoms with Crippen LogP contribution in [0.1, 0.15) is 50.7 Å². The van der Waals surface area contributed by atoms with E-state index in [-0.39, 0.29) is 32.2 Å². The fourth-order valence-corrected chi connectivity index (χ4v) is 5.47. The largest absolute Gasteiger partial charge is 0.481 e. The number of hydrogen-bond donors (Lipinski definition) is 1. The number of piperazine rings is 1. The summed E-state index contributed by atoms with van der Waals surface area (Å²) in [6.45, 7) is 6.07. The monoisotopic (exact) mass is 492 g/mol. The van der Waals surface area contributed by atoms with Gasteiger partial charge in [0.1, 0.15) is 12.2 Å². The highest BCUT2D eigenvalue weighted by Gasteiger charge is 2.60. The lowest BCUT2D eigenvalue weighted by Crippen LogP contribution is -2.61. The molecule has 0 aromatic heterocycles. The summed E-state index contributed by atoms with van der Waals surface area (Å²) >= 11 is 0. The van der Waals surface area contributed by atoms with Gasteiger partial charge in [0.25, 0.3) is 0 Å². The van der Waals surface area contributed by atoms with E-state index in [4.69, 9.17) is 9.47 Å². The number of aliphatic carboxylic acids is 1. The Kier molecular flexibility index (Phi) is 5.93. The first-order valence-electron chi connectivity index (χ1n) is 12.4. The molecule has 2 aliphatic carbocycles. The van der Waals surface area contributed by atoms with E-state index in [0.29, 0.717) is 12.8 Å². The molecule has 2 aromatic carbocycles.